The Bertz CT molecular complexity index is 729. The molecule has 7 heteroatoms. The molecule has 0 aliphatic carbocycles. The van der Waals surface area contributed by atoms with Crippen molar-refractivity contribution < 1.29 is 13.9 Å². The third-order valence-electron chi connectivity index (χ3n) is 3.84. The first-order chi connectivity index (χ1) is 11.3. The molecule has 0 aliphatic heterocycles. The Labute approximate surface area is 141 Å². The van der Waals surface area contributed by atoms with Crippen LogP contribution in [0.2, 0.25) is 0 Å². The molecule has 1 aromatic heterocycles. The van der Waals surface area contributed by atoms with Gasteiger partial charge in [-0.3, -0.25) is 4.68 Å². The number of methoxy groups -OCH3 is 1. The van der Waals surface area contributed by atoms with Crippen LogP contribution in [0.3, 0.4) is 0 Å². The maximum absolute atomic E-state index is 13.7. The van der Waals surface area contributed by atoms with Gasteiger partial charge < -0.3 is 15.0 Å². The Hall–Kier alpha value is -2.57. The topological polar surface area (TPSA) is 59.4 Å². The van der Waals surface area contributed by atoms with Crippen molar-refractivity contribution in [3.63, 3.8) is 0 Å². The molecule has 1 heterocycles. The minimum atomic E-state index is -0.442. The van der Waals surface area contributed by atoms with E-state index in [1.807, 2.05) is 27.1 Å². The molecule has 0 fully saturated rings. The normalized spacial score (nSPS) is 11.9. The second kappa shape index (κ2) is 7.33. The predicted molar refractivity (Wildman–Crippen MR) is 89.3 cm³/mol. The van der Waals surface area contributed by atoms with Gasteiger partial charge in [0.2, 0.25) is 0 Å². The van der Waals surface area contributed by atoms with E-state index in [0.717, 1.165) is 11.3 Å². The number of ether oxygens (including phenoxy) is 1. The lowest BCUT2D eigenvalue weighted by atomic mass is 10.1. The maximum atomic E-state index is 13.7. The molecule has 1 aromatic carbocycles. The number of halogens is 1. The second-order valence-corrected chi connectivity index (χ2v) is 5.84. The van der Waals surface area contributed by atoms with E-state index in [1.54, 1.807) is 23.9 Å². The van der Waals surface area contributed by atoms with Gasteiger partial charge in [-0.05, 0) is 31.5 Å². The monoisotopic (exact) mass is 334 g/mol. The molecule has 2 amide bonds. The summed E-state index contributed by atoms with van der Waals surface area (Å²) in [5, 5.41) is 7.20. The van der Waals surface area contributed by atoms with Crippen LogP contribution in [0.25, 0.3) is 0 Å². The molecule has 1 N–H and O–H groups in total. The van der Waals surface area contributed by atoms with Crippen LogP contribution in [-0.4, -0.2) is 34.9 Å². The van der Waals surface area contributed by atoms with Gasteiger partial charge in [-0.25, -0.2) is 9.18 Å². The molecule has 1 atom stereocenters. The Kier molecular flexibility index (Phi) is 5.43. The molecule has 130 valence electrons. The largest absolute Gasteiger partial charge is 0.494 e. The van der Waals surface area contributed by atoms with Gasteiger partial charge in [-0.15, -0.1) is 0 Å². The highest BCUT2D eigenvalue weighted by Crippen LogP contribution is 2.19. The number of hydrogen-bond acceptors (Lipinski definition) is 3. The van der Waals surface area contributed by atoms with Crippen LogP contribution in [0.4, 0.5) is 9.18 Å². The standard InChI is InChI=1S/C17H23FN4O2/c1-11(14-10-22(4)20-12(14)2)19-17(23)21(3)9-13-6-7-16(24-5)15(18)8-13/h6-8,10-11H,9H2,1-5H3,(H,19,23). The number of urea groups is 1. The quantitative estimate of drug-likeness (QED) is 0.915. The molecule has 0 aliphatic rings. The number of amides is 2. The zero-order valence-electron chi connectivity index (χ0n) is 14.6. The Morgan fingerprint density at radius 1 is 1.50 bits per heavy atom. The molecule has 24 heavy (non-hydrogen) atoms. The molecular weight excluding hydrogens is 311 g/mol. The third kappa shape index (κ3) is 4.04. The van der Waals surface area contributed by atoms with Crippen molar-refractivity contribution in [1.29, 1.82) is 0 Å². The van der Waals surface area contributed by atoms with Crippen LogP contribution in [-0.2, 0) is 13.6 Å². The van der Waals surface area contributed by atoms with Gasteiger partial charge in [0, 0.05) is 32.4 Å². The van der Waals surface area contributed by atoms with Crippen LogP contribution in [0.5, 0.6) is 5.75 Å². The fourth-order valence-corrected chi connectivity index (χ4v) is 2.57. The first-order valence-corrected chi connectivity index (χ1v) is 7.66. The zero-order valence-corrected chi connectivity index (χ0v) is 14.6. The van der Waals surface area contributed by atoms with Crippen molar-refractivity contribution in [3.05, 3.63) is 47.0 Å². The number of nitrogens with zero attached hydrogens (tertiary/aromatic N) is 3. The first-order valence-electron chi connectivity index (χ1n) is 7.66. The Morgan fingerprint density at radius 2 is 2.21 bits per heavy atom. The predicted octanol–water partition coefficient (Wildman–Crippen LogP) is 2.78. The number of carbonyl (C=O) groups is 1. The van der Waals surface area contributed by atoms with Gasteiger partial charge in [-0.2, -0.15) is 5.10 Å². The van der Waals surface area contributed by atoms with E-state index >= 15 is 0 Å². The van der Waals surface area contributed by atoms with E-state index < -0.39 is 5.82 Å². The van der Waals surface area contributed by atoms with Crippen LogP contribution >= 0.6 is 0 Å². The van der Waals surface area contributed by atoms with Crippen LogP contribution in [0.1, 0.15) is 29.8 Å². The molecule has 0 radical (unpaired) electrons. The number of benzene rings is 1. The van der Waals surface area contributed by atoms with E-state index in [2.05, 4.69) is 10.4 Å². The fraction of sp³-hybridized carbons (Fsp3) is 0.412. The highest BCUT2D eigenvalue weighted by atomic mass is 19.1. The van der Waals surface area contributed by atoms with Crippen molar-refractivity contribution in [2.24, 2.45) is 7.05 Å². The van der Waals surface area contributed by atoms with Gasteiger partial charge in [-0.1, -0.05) is 6.07 Å². The summed E-state index contributed by atoms with van der Waals surface area (Å²) in [6, 6.07) is 4.26. The van der Waals surface area contributed by atoms with Gasteiger partial charge in [0.05, 0.1) is 18.8 Å². The Balaban J connectivity index is 1.99. The van der Waals surface area contributed by atoms with Crippen molar-refractivity contribution in [2.75, 3.05) is 14.2 Å². The van der Waals surface area contributed by atoms with Gasteiger partial charge in [0.1, 0.15) is 0 Å². The number of rotatable bonds is 5. The molecule has 2 rings (SSSR count). The summed E-state index contributed by atoms with van der Waals surface area (Å²) in [4.78, 5) is 13.8. The Morgan fingerprint density at radius 3 is 2.75 bits per heavy atom. The molecule has 6 nitrogen and oxygen atoms in total. The van der Waals surface area contributed by atoms with Gasteiger partial charge >= 0.3 is 6.03 Å². The molecule has 0 saturated carbocycles. The average molecular weight is 334 g/mol. The highest BCUT2D eigenvalue weighted by Gasteiger charge is 2.17. The summed E-state index contributed by atoms with van der Waals surface area (Å²) in [6.07, 6.45) is 1.89. The highest BCUT2D eigenvalue weighted by molar-refractivity contribution is 5.74. The number of aryl methyl sites for hydroxylation is 2. The van der Waals surface area contributed by atoms with Crippen LogP contribution in [0.15, 0.2) is 24.4 Å². The van der Waals surface area contributed by atoms with E-state index in [1.165, 1.54) is 18.1 Å². The van der Waals surface area contributed by atoms with Crippen LogP contribution in [0, 0.1) is 12.7 Å². The first kappa shape index (κ1) is 17.8. The van der Waals surface area contributed by atoms with E-state index in [-0.39, 0.29) is 17.8 Å². The number of carbonyl (C=O) groups excluding carboxylic acids is 1. The van der Waals surface area contributed by atoms with Crippen molar-refractivity contribution in [2.45, 2.75) is 26.4 Å². The maximum Gasteiger partial charge on any atom is 0.317 e. The van der Waals surface area contributed by atoms with E-state index in [4.69, 9.17) is 4.74 Å². The minimum absolute atomic E-state index is 0.166. The average Bonchev–Trinajstić information content (AvgIpc) is 2.86. The van der Waals surface area contributed by atoms with Gasteiger partial charge in [0.15, 0.2) is 11.6 Å². The summed E-state index contributed by atoms with van der Waals surface area (Å²) in [6.45, 7) is 4.11. The van der Waals surface area contributed by atoms with E-state index in [9.17, 15) is 9.18 Å². The molecule has 1 unspecified atom stereocenters. The van der Waals surface area contributed by atoms with Gasteiger partial charge in [0.25, 0.3) is 0 Å². The number of aromatic nitrogens is 2. The SMILES string of the molecule is COc1ccc(CN(C)C(=O)NC(C)c2cn(C)nc2C)cc1F. The minimum Gasteiger partial charge on any atom is -0.494 e. The lowest BCUT2D eigenvalue weighted by Gasteiger charge is -2.21. The van der Waals surface area contributed by atoms with Crippen molar-refractivity contribution >= 4 is 6.03 Å². The number of nitrogens with one attached hydrogen (secondary N) is 1. The smallest absolute Gasteiger partial charge is 0.317 e. The second-order valence-electron chi connectivity index (χ2n) is 5.84. The zero-order chi connectivity index (χ0) is 17.9. The molecular formula is C17H23FN4O2. The summed E-state index contributed by atoms with van der Waals surface area (Å²) in [5.41, 5.74) is 2.54. The molecule has 0 bridgehead atoms. The van der Waals surface area contributed by atoms with E-state index in [0.29, 0.717) is 12.1 Å². The molecule has 0 saturated heterocycles. The summed E-state index contributed by atoms with van der Waals surface area (Å²) < 4.78 is 20.3. The summed E-state index contributed by atoms with van der Waals surface area (Å²) in [5.74, 6) is -0.255. The van der Waals surface area contributed by atoms with Crippen molar-refractivity contribution in [3.8, 4) is 5.75 Å². The number of hydrogen-bond donors (Lipinski definition) is 1. The summed E-state index contributed by atoms with van der Waals surface area (Å²) >= 11 is 0. The van der Waals surface area contributed by atoms with Crippen molar-refractivity contribution in [1.82, 2.24) is 20.0 Å². The fourth-order valence-electron chi connectivity index (χ4n) is 2.57. The molecule has 0 spiro atoms. The third-order valence-corrected chi connectivity index (χ3v) is 3.84. The molecule has 2 aromatic rings. The lowest BCUT2D eigenvalue weighted by molar-refractivity contribution is 0.203. The lowest BCUT2D eigenvalue weighted by Crippen LogP contribution is -2.38. The summed E-state index contributed by atoms with van der Waals surface area (Å²) in [7, 11) is 4.93. The van der Waals surface area contributed by atoms with Crippen LogP contribution < -0.4 is 10.1 Å².